The maximum Gasteiger partial charge on any atom is 0.472 e. The normalized spacial score (nSPS) is 15.8. The summed E-state index contributed by atoms with van der Waals surface area (Å²) in [4.78, 5) is 35.1. The molecule has 0 fully saturated rings. The van der Waals surface area contributed by atoms with Gasteiger partial charge >= 0.3 is 19.8 Å². The van der Waals surface area contributed by atoms with Gasteiger partial charge in [0.25, 0.3) is 0 Å². The summed E-state index contributed by atoms with van der Waals surface area (Å²) < 4.78 is 32.6. The van der Waals surface area contributed by atoms with Crippen molar-refractivity contribution in [2.45, 2.75) is 212 Å². The minimum atomic E-state index is -4.70. The van der Waals surface area contributed by atoms with Crippen LogP contribution in [0, 0.1) is 5.92 Å². The van der Waals surface area contributed by atoms with Crippen LogP contribution in [0.5, 0.6) is 0 Å². The monoisotopic (exact) mass is 903 g/mol. The van der Waals surface area contributed by atoms with E-state index in [4.69, 9.17) is 19.1 Å². The highest BCUT2D eigenvalue weighted by molar-refractivity contribution is 7.47. The van der Waals surface area contributed by atoms with Crippen LogP contribution in [0.25, 0.3) is 0 Å². The highest BCUT2D eigenvalue weighted by atomic mass is 31.2. The van der Waals surface area contributed by atoms with Crippen LogP contribution in [0.2, 0.25) is 0 Å². The Hall–Kier alpha value is -2.19. The summed E-state index contributed by atoms with van der Waals surface area (Å²) in [6, 6.07) is 0. The number of hydrogen-bond acceptors (Lipinski definition) is 12. The van der Waals surface area contributed by atoms with Crippen molar-refractivity contribution in [2.24, 2.45) is 5.92 Å². The molecule has 0 aliphatic heterocycles. The number of phosphoric ester groups is 1. The average molecular weight is 903 g/mol. The SMILES string of the molecule is CCCCC[C@@H](O)/C=C/C=C\C=C\C=C\[C@@H](O)[C@H](O)CCCC(=O)OC[C@H](COP(=O)(O)OC[C@@H](O)CO)OC(=O)CCCCCCCCCCCCCCCCCCC(C)C. The van der Waals surface area contributed by atoms with Gasteiger partial charge in [0.1, 0.15) is 12.7 Å². The molecule has 0 aromatic heterocycles. The van der Waals surface area contributed by atoms with Gasteiger partial charge in [0, 0.05) is 12.8 Å². The van der Waals surface area contributed by atoms with E-state index in [2.05, 4.69) is 25.3 Å². The third-order valence-corrected chi connectivity index (χ3v) is 11.2. The van der Waals surface area contributed by atoms with Crippen LogP contribution < -0.4 is 0 Å². The third kappa shape index (κ3) is 40.6. The second kappa shape index (κ2) is 41.5. The number of carbonyl (C=O) groups excluding carboxylic acids is 2. The van der Waals surface area contributed by atoms with E-state index in [-0.39, 0.29) is 25.7 Å². The van der Waals surface area contributed by atoms with Crippen LogP contribution in [0.15, 0.2) is 48.6 Å². The van der Waals surface area contributed by atoms with E-state index in [0.29, 0.717) is 6.42 Å². The van der Waals surface area contributed by atoms with Crippen LogP contribution in [-0.4, -0.2) is 99.3 Å². The van der Waals surface area contributed by atoms with Gasteiger partial charge in [-0.25, -0.2) is 4.57 Å². The first-order chi connectivity index (χ1) is 29.8. The molecule has 0 aromatic rings. The number of aliphatic hydroxyl groups excluding tert-OH is 5. The van der Waals surface area contributed by atoms with Crippen molar-refractivity contribution in [3.05, 3.63) is 48.6 Å². The first-order valence-electron chi connectivity index (χ1n) is 23.8. The zero-order valence-electron chi connectivity index (χ0n) is 38.6. The number of phosphoric acid groups is 1. The Kier molecular flexibility index (Phi) is 40.0. The molecule has 14 heteroatoms. The topological polar surface area (TPSA) is 210 Å². The summed E-state index contributed by atoms with van der Waals surface area (Å²) in [6.45, 7) is 4.24. The molecule has 6 atom stereocenters. The Labute approximate surface area is 374 Å². The summed E-state index contributed by atoms with van der Waals surface area (Å²) in [5.41, 5.74) is 0. The fourth-order valence-corrected chi connectivity index (χ4v) is 7.23. The van der Waals surface area contributed by atoms with E-state index < -0.39 is 76.7 Å². The number of ether oxygens (including phenoxy) is 2. The third-order valence-electron chi connectivity index (χ3n) is 10.3. The number of unbranched alkanes of at least 4 members (excludes halogenated alkanes) is 17. The Morgan fingerprint density at radius 1 is 0.565 bits per heavy atom. The molecule has 0 spiro atoms. The van der Waals surface area contributed by atoms with Crippen molar-refractivity contribution in [2.75, 3.05) is 26.4 Å². The molecular weight excluding hydrogens is 815 g/mol. The van der Waals surface area contributed by atoms with E-state index >= 15 is 0 Å². The van der Waals surface area contributed by atoms with Crippen LogP contribution >= 0.6 is 7.82 Å². The highest BCUT2D eigenvalue weighted by Gasteiger charge is 2.27. The standard InChI is InChI=1S/C48H87O13P/c1-4-5-24-31-42(50)32-26-21-18-19-22-27-33-45(52)46(53)34-29-36-47(54)58-39-44(40-60-62(56,57)59-38-43(51)37-49)61-48(55)35-28-23-17-15-13-11-9-7-6-8-10-12-14-16-20-25-30-41(2)3/h18-19,21-22,26-27,32-33,41-46,49-53H,4-17,20,23-25,28-31,34-40H2,1-3H3,(H,56,57)/b21-18-,22-19+,32-26+,33-27+/t42-,43+,44-,45-,46-/m1/s1. The Morgan fingerprint density at radius 2 is 1.05 bits per heavy atom. The summed E-state index contributed by atoms with van der Waals surface area (Å²) >= 11 is 0. The lowest BCUT2D eigenvalue weighted by Gasteiger charge is -2.20. The van der Waals surface area contributed by atoms with Crippen molar-refractivity contribution >= 4 is 19.8 Å². The maximum atomic E-state index is 12.7. The lowest BCUT2D eigenvalue weighted by molar-refractivity contribution is -0.161. The highest BCUT2D eigenvalue weighted by Crippen LogP contribution is 2.43. The maximum absolute atomic E-state index is 12.7. The predicted octanol–water partition coefficient (Wildman–Crippen LogP) is 9.66. The Morgan fingerprint density at radius 3 is 1.60 bits per heavy atom. The number of hydrogen-bond donors (Lipinski definition) is 6. The lowest BCUT2D eigenvalue weighted by Crippen LogP contribution is -2.30. The number of aliphatic hydroxyl groups is 5. The minimum absolute atomic E-state index is 0.0981. The van der Waals surface area contributed by atoms with Crippen molar-refractivity contribution in [1.82, 2.24) is 0 Å². The molecular formula is C48H87O13P. The van der Waals surface area contributed by atoms with Gasteiger partial charge in [-0.05, 0) is 31.6 Å². The molecule has 0 rings (SSSR count). The largest absolute Gasteiger partial charge is 0.472 e. The second-order valence-corrected chi connectivity index (χ2v) is 18.3. The Balaban J connectivity index is 4.52. The fourth-order valence-electron chi connectivity index (χ4n) is 6.44. The molecule has 0 saturated carbocycles. The van der Waals surface area contributed by atoms with E-state index in [1.54, 1.807) is 42.5 Å². The fraction of sp³-hybridized carbons (Fsp3) is 0.792. The van der Waals surface area contributed by atoms with Crippen LogP contribution in [0.4, 0.5) is 0 Å². The molecule has 13 nitrogen and oxygen atoms in total. The zero-order chi connectivity index (χ0) is 46.1. The smallest absolute Gasteiger partial charge is 0.462 e. The lowest BCUT2D eigenvalue weighted by atomic mass is 10.0. The van der Waals surface area contributed by atoms with E-state index in [1.807, 2.05) is 0 Å². The first kappa shape index (κ1) is 59.8. The van der Waals surface area contributed by atoms with Gasteiger partial charge < -0.3 is 39.9 Å². The number of esters is 2. The molecule has 0 aromatic carbocycles. The van der Waals surface area contributed by atoms with Gasteiger partial charge in [0.05, 0.1) is 38.1 Å². The van der Waals surface area contributed by atoms with Gasteiger partial charge in [-0.1, -0.05) is 191 Å². The summed E-state index contributed by atoms with van der Waals surface area (Å²) in [5, 5.41) is 48.8. The average Bonchev–Trinajstić information content (AvgIpc) is 3.24. The molecule has 0 aliphatic carbocycles. The summed E-state index contributed by atoms with van der Waals surface area (Å²) in [7, 11) is -4.70. The predicted molar refractivity (Wildman–Crippen MR) is 246 cm³/mol. The van der Waals surface area contributed by atoms with Gasteiger partial charge in [-0.15, -0.1) is 0 Å². The first-order valence-corrected chi connectivity index (χ1v) is 25.3. The molecule has 6 N–H and O–H groups in total. The number of allylic oxidation sites excluding steroid dienone is 6. The van der Waals surface area contributed by atoms with Crippen molar-refractivity contribution in [3.8, 4) is 0 Å². The van der Waals surface area contributed by atoms with Crippen molar-refractivity contribution in [1.29, 1.82) is 0 Å². The molecule has 0 amide bonds. The minimum Gasteiger partial charge on any atom is -0.462 e. The van der Waals surface area contributed by atoms with E-state index in [9.17, 15) is 39.5 Å². The van der Waals surface area contributed by atoms with E-state index in [1.165, 1.54) is 89.5 Å². The quantitative estimate of drug-likeness (QED) is 0.0146. The van der Waals surface area contributed by atoms with Crippen molar-refractivity contribution < 1.29 is 63.1 Å². The molecule has 362 valence electrons. The van der Waals surface area contributed by atoms with Crippen LogP contribution in [0.3, 0.4) is 0 Å². The zero-order valence-corrected chi connectivity index (χ0v) is 39.5. The molecule has 0 bridgehead atoms. The molecule has 0 radical (unpaired) electrons. The van der Waals surface area contributed by atoms with Crippen LogP contribution in [-0.2, 0) is 32.7 Å². The molecule has 62 heavy (non-hydrogen) atoms. The molecule has 0 aliphatic rings. The van der Waals surface area contributed by atoms with Gasteiger partial charge in [0.15, 0.2) is 6.10 Å². The molecule has 0 heterocycles. The van der Waals surface area contributed by atoms with Crippen LogP contribution in [0.1, 0.15) is 181 Å². The van der Waals surface area contributed by atoms with Crippen molar-refractivity contribution in [3.63, 3.8) is 0 Å². The molecule has 0 saturated heterocycles. The van der Waals surface area contributed by atoms with Gasteiger partial charge in [-0.3, -0.25) is 18.6 Å². The molecule has 1 unspecified atom stereocenters. The van der Waals surface area contributed by atoms with E-state index in [0.717, 1.165) is 50.9 Å². The number of rotatable bonds is 43. The summed E-state index contributed by atoms with van der Waals surface area (Å²) in [5.74, 6) is -0.433. The summed E-state index contributed by atoms with van der Waals surface area (Å²) in [6.07, 6.45) is 33.0. The Bertz CT molecular complexity index is 1240. The van der Waals surface area contributed by atoms with Gasteiger partial charge in [-0.2, -0.15) is 0 Å². The second-order valence-electron chi connectivity index (χ2n) is 16.8. The van der Waals surface area contributed by atoms with Gasteiger partial charge in [0.2, 0.25) is 0 Å². The number of carbonyl (C=O) groups is 2.